The number of carbonyl (C=O) groups is 2. The topological polar surface area (TPSA) is 129 Å². The number of halogens is 2. The number of carbonyl (C=O) groups excluding carboxylic acids is 2. The number of para-hydroxylation sites is 3. The average molecular weight is 996 g/mol. The SMILES string of the molecule is COc1ccccc1CNC(=O)CCCCc1nnc(SCc2cccc(F)c2)n1-c1ccccc1.O=C(CCCCc1nnc(SCc2cccc(Cl)c2)n1-c1ccccc1)NCc1ccccc1. The van der Waals surface area contributed by atoms with Gasteiger partial charge >= 0.3 is 0 Å². The molecule has 70 heavy (non-hydrogen) atoms. The van der Waals surface area contributed by atoms with Crippen LogP contribution in [-0.2, 0) is 47.0 Å². The number of benzene rings is 6. The highest BCUT2D eigenvalue weighted by atomic mass is 35.5. The van der Waals surface area contributed by atoms with Gasteiger partial charge in [0, 0.05) is 72.2 Å². The first kappa shape index (κ1) is 51.1. The number of thioether (sulfide) groups is 2. The summed E-state index contributed by atoms with van der Waals surface area (Å²) >= 11 is 9.30. The van der Waals surface area contributed by atoms with Gasteiger partial charge in [-0.15, -0.1) is 20.4 Å². The summed E-state index contributed by atoms with van der Waals surface area (Å²) in [7, 11) is 1.63. The van der Waals surface area contributed by atoms with Crippen molar-refractivity contribution in [3.63, 3.8) is 0 Å². The van der Waals surface area contributed by atoms with Crippen molar-refractivity contribution in [1.82, 2.24) is 40.2 Å². The zero-order valence-corrected chi connectivity index (χ0v) is 41.4. The number of rotatable bonds is 23. The van der Waals surface area contributed by atoms with E-state index >= 15 is 0 Å². The molecule has 6 aromatic carbocycles. The van der Waals surface area contributed by atoms with E-state index in [2.05, 4.69) is 53.8 Å². The largest absolute Gasteiger partial charge is 0.496 e. The van der Waals surface area contributed by atoms with Crippen LogP contribution in [0.1, 0.15) is 72.4 Å². The van der Waals surface area contributed by atoms with Gasteiger partial charge in [0.15, 0.2) is 10.3 Å². The van der Waals surface area contributed by atoms with E-state index in [1.54, 1.807) is 24.9 Å². The Kier molecular flexibility index (Phi) is 20.0. The minimum Gasteiger partial charge on any atom is -0.496 e. The van der Waals surface area contributed by atoms with Gasteiger partial charge in [0.05, 0.1) is 7.11 Å². The minimum absolute atomic E-state index is 0.0109. The molecule has 0 saturated carbocycles. The molecule has 0 fully saturated rings. The molecule has 2 heterocycles. The van der Waals surface area contributed by atoms with Gasteiger partial charge in [0.1, 0.15) is 23.2 Å². The van der Waals surface area contributed by atoms with Crippen LogP contribution in [0.2, 0.25) is 5.02 Å². The van der Waals surface area contributed by atoms with Crippen molar-refractivity contribution >= 4 is 46.9 Å². The van der Waals surface area contributed by atoms with E-state index in [0.29, 0.717) is 38.1 Å². The summed E-state index contributed by atoms with van der Waals surface area (Å²) in [6.07, 6.45) is 5.61. The van der Waals surface area contributed by atoms with Gasteiger partial charge in [-0.3, -0.25) is 18.7 Å². The van der Waals surface area contributed by atoms with Crippen LogP contribution in [-0.4, -0.2) is 48.5 Å². The van der Waals surface area contributed by atoms with Gasteiger partial charge in [0.2, 0.25) is 11.8 Å². The third kappa shape index (κ3) is 15.9. The first-order valence-corrected chi connectivity index (χ1v) is 25.6. The monoisotopic (exact) mass is 994 g/mol. The molecule has 8 rings (SSSR count). The summed E-state index contributed by atoms with van der Waals surface area (Å²) in [5.74, 6) is 3.71. The van der Waals surface area contributed by atoms with E-state index in [1.165, 1.54) is 23.9 Å². The summed E-state index contributed by atoms with van der Waals surface area (Å²) in [4.78, 5) is 24.6. The second-order valence-electron chi connectivity index (χ2n) is 16.2. The molecule has 0 spiro atoms. The molecule has 0 bridgehead atoms. The fourth-order valence-corrected chi connectivity index (χ4v) is 9.53. The summed E-state index contributed by atoms with van der Waals surface area (Å²) in [5.41, 5.74) is 6.11. The molecule has 0 radical (unpaired) electrons. The first-order valence-electron chi connectivity index (χ1n) is 23.3. The molecule has 0 unspecified atom stereocenters. The molecule has 11 nitrogen and oxygen atoms in total. The normalized spacial score (nSPS) is 10.8. The molecule has 0 atom stereocenters. The molecule has 0 aliphatic heterocycles. The second-order valence-corrected chi connectivity index (χ2v) is 18.6. The molecule has 2 N–H and O–H groups in total. The van der Waals surface area contributed by atoms with E-state index < -0.39 is 0 Å². The zero-order chi connectivity index (χ0) is 48.8. The van der Waals surface area contributed by atoms with Crippen molar-refractivity contribution in [2.75, 3.05) is 7.11 Å². The Balaban J connectivity index is 0.000000207. The molecule has 15 heteroatoms. The van der Waals surface area contributed by atoms with Crippen LogP contribution in [0.5, 0.6) is 5.75 Å². The maximum atomic E-state index is 13.6. The lowest BCUT2D eigenvalue weighted by Gasteiger charge is -2.11. The van der Waals surface area contributed by atoms with Crippen LogP contribution in [0.3, 0.4) is 0 Å². The fourth-order valence-electron chi connectivity index (χ4n) is 7.49. The highest BCUT2D eigenvalue weighted by molar-refractivity contribution is 7.98. The van der Waals surface area contributed by atoms with Crippen molar-refractivity contribution in [1.29, 1.82) is 0 Å². The molecule has 2 amide bonds. The number of methoxy groups -OCH3 is 1. The van der Waals surface area contributed by atoms with Crippen molar-refractivity contribution in [3.05, 3.63) is 209 Å². The number of unbranched alkanes of at least 4 members (excludes halogenated alkanes) is 2. The predicted octanol–water partition coefficient (Wildman–Crippen LogP) is 12.0. The lowest BCUT2D eigenvalue weighted by Crippen LogP contribution is -2.22. The number of nitrogens with one attached hydrogen (secondary N) is 2. The van der Waals surface area contributed by atoms with E-state index in [1.807, 2.05) is 132 Å². The number of ether oxygens (including phenoxy) is 1. The van der Waals surface area contributed by atoms with Crippen molar-refractivity contribution in [3.8, 4) is 17.1 Å². The Morgan fingerprint density at radius 3 is 1.59 bits per heavy atom. The van der Waals surface area contributed by atoms with Crippen LogP contribution in [0, 0.1) is 5.82 Å². The standard InChI is InChI=1S/C28H29FN4O2S.C27H27ClN4OS/c1-35-25-15-6-5-11-22(25)19-30-27(34)17-8-7-16-26-31-32-28(33(26)24-13-3-2-4-14-24)36-20-21-10-9-12-23(29)18-21;28-23-13-9-12-22(18-23)20-34-27-31-30-25(32(27)24-14-5-2-6-15-24)16-7-8-17-26(33)29-19-21-10-3-1-4-11-21/h2-6,9-15,18H,7-8,16-17,19-20H2,1H3,(H,30,34);1-6,9-15,18H,7-8,16-17,19-20H2,(H,29,33). The number of nitrogens with zero attached hydrogens (tertiary/aromatic N) is 6. The van der Waals surface area contributed by atoms with Crippen molar-refractivity contribution in [2.45, 2.75) is 86.3 Å². The number of hydrogen-bond acceptors (Lipinski definition) is 9. The smallest absolute Gasteiger partial charge is 0.220 e. The molecule has 0 aliphatic carbocycles. The van der Waals surface area contributed by atoms with Crippen LogP contribution in [0.25, 0.3) is 11.4 Å². The Hall–Kier alpha value is -6.74. The maximum absolute atomic E-state index is 13.6. The molecule has 0 saturated heterocycles. The van der Waals surface area contributed by atoms with Crippen LogP contribution >= 0.6 is 35.1 Å². The molecule has 0 aliphatic rings. The number of amides is 2. The van der Waals surface area contributed by atoms with Gasteiger partial charge in [-0.2, -0.15) is 0 Å². The maximum Gasteiger partial charge on any atom is 0.220 e. The number of aryl methyl sites for hydroxylation is 2. The Morgan fingerprint density at radius 2 is 1.04 bits per heavy atom. The number of aromatic nitrogens is 6. The highest BCUT2D eigenvalue weighted by Gasteiger charge is 2.17. The molecule has 8 aromatic rings. The molecule has 2 aromatic heterocycles. The van der Waals surface area contributed by atoms with Gasteiger partial charge in [-0.25, -0.2) is 4.39 Å². The summed E-state index contributed by atoms with van der Waals surface area (Å²) in [5, 5.41) is 26.1. The summed E-state index contributed by atoms with van der Waals surface area (Å²) in [6, 6.07) is 52.2. The number of hydrogen-bond donors (Lipinski definition) is 2. The van der Waals surface area contributed by atoms with Crippen molar-refractivity contribution in [2.24, 2.45) is 0 Å². The van der Waals surface area contributed by atoms with Crippen LogP contribution < -0.4 is 15.4 Å². The molecule has 360 valence electrons. The zero-order valence-electron chi connectivity index (χ0n) is 39.1. The lowest BCUT2D eigenvalue weighted by atomic mass is 10.1. The van der Waals surface area contributed by atoms with E-state index in [4.69, 9.17) is 16.3 Å². The van der Waals surface area contributed by atoms with Gasteiger partial charge in [-0.1, -0.05) is 144 Å². The highest BCUT2D eigenvalue weighted by Crippen LogP contribution is 2.28. The molecular weight excluding hydrogens is 939 g/mol. The summed E-state index contributed by atoms with van der Waals surface area (Å²) in [6.45, 7) is 1.01. The first-order chi connectivity index (χ1) is 34.3. The minimum atomic E-state index is -0.245. The quantitative estimate of drug-likeness (QED) is 0.0475. The van der Waals surface area contributed by atoms with Gasteiger partial charge in [0.25, 0.3) is 0 Å². The summed E-state index contributed by atoms with van der Waals surface area (Å²) < 4.78 is 23.1. The Labute approximate surface area is 422 Å². The Morgan fingerprint density at radius 1 is 0.557 bits per heavy atom. The van der Waals surface area contributed by atoms with Crippen molar-refractivity contribution < 1.29 is 18.7 Å². The van der Waals surface area contributed by atoms with Gasteiger partial charge in [-0.05, 0) is 97.0 Å². The second kappa shape index (κ2) is 27.4. The average Bonchev–Trinajstić information content (AvgIpc) is 4.01. The van der Waals surface area contributed by atoms with Crippen LogP contribution in [0.15, 0.2) is 174 Å². The van der Waals surface area contributed by atoms with Gasteiger partial charge < -0.3 is 15.4 Å². The fraction of sp³-hybridized carbons (Fsp3) is 0.236. The van der Waals surface area contributed by atoms with E-state index in [-0.39, 0.29) is 17.6 Å². The Bertz CT molecular complexity index is 2870. The van der Waals surface area contributed by atoms with Crippen LogP contribution in [0.4, 0.5) is 4.39 Å². The third-order valence-corrected chi connectivity index (χ3v) is 13.3. The third-order valence-electron chi connectivity index (χ3n) is 11.1. The van der Waals surface area contributed by atoms with E-state index in [0.717, 1.165) is 104 Å². The van der Waals surface area contributed by atoms with E-state index in [9.17, 15) is 14.0 Å². The molecular formula is C55H56ClFN8O3S2. The predicted molar refractivity (Wildman–Crippen MR) is 278 cm³/mol. The lowest BCUT2D eigenvalue weighted by molar-refractivity contribution is -0.122.